The van der Waals surface area contributed by atoms with Crippen molar-refractivity contribution in [2.24, 2.45) is 0 Å². The zero-order valence-electron chi connectivity index (χ0n) is 18.7. The van der Waals surface area contributed by atoms with E-state index in [1.54, 1.807) is 26.2 Å². The Morgan fingerprint density at radius 3 is 2.67 bits per heavy atom. The Morgan fingerprint density at radius 1 is 1.09 bits per heavy atom. The molecule has 0 aliphatic heterocycles. The number of carbonyl (C=O) groups excluding carboxylic acids is 1. The van der Waals surface area contributed by atoms with Crippen LogP contribution in [0.25, 0.3) is 10.9 Å². The molecule has 0 saturated heterocycles. The van der Waals surface area contributed by atoms with Crippen LogP contribution in [0, 0.1) is 5.82 Å². The topological polar surface area (TPSA) is 82.6 Å². The molecule has 0 spiro atoms. The van der Waals surface area contributed by atoms with Crippen LogP contribution >= 0.6 is 11.6 Å². The highest BCUT2D eigenvalue weighted by Crippen LogP contribution is 2.35. The van der Waals surface area contributed by atoms with Gasteiger partial charge in [-0.1, -0.05) is 24.4 Å². The third-order valence-electron chi connectivity index (χ3n) is 4.94. The Bertz CT molecular complexity index is 1100. The lowest BCUT2D eigenvalue weighted by atomic mass is 10.1. The maximum absolute atomic E-state index is 13.5. The number of esters is 1. The second-order valence-electron chi connectivity index (χ2n) is 7.31. The molecule has 0 aliphatic rings. The van der Waals surface area contributed by atoms with Crippen molar-refractivity contribution in [3.8, 4) is 11.5 Å². The first kappa shape index (κ1) is 24.5. The van der Waals surface area contributed by atoms with E-state index in [1.165, 1.54) is 18.5 Å². The van der Waals surface area contributed by atoms with Crippen LogP contribution in [0.3, 0.4) is 0 Å². The number of rotatable bonds is 12. The molecule has 0 aliphatic carbocycles. The van der Waals surface area contributed by atoms with Crippen molar-refractivity contribution in [1.82, 2.24) is 9.97 Å². The number of nitrogens with zero attached hydrogens (tertiary/aromatic N) is 2. The highest BCUT2D eigenvalue weighted by molar-refractivity contribution is 6.31. The zero-order valence-corrected chi connectivity index (χ0v) is 19.5. The van der Waals surface area contributed by atoms with Crippen LogP contribution in [0.4, 0.5) is 15.9 Å². The van der Waals surface area contributed by atoms with E-state index in [4.69, 9.17) is 25.8 Å². The molecule has 1 N–H and O–H groups in total. The number of aromatic nitrogens is 2. The van der Waals surface area contributed by atoms with E-state index in [-0.39, 0.29) is 11.0 Å². The van der Waals surface area contributed by atoms with Crippen molar-refractivity contribution in [1.29, 1.82) is 0 Å². The largest absolute Gasteiger partial charge is 0.493 e. The van der Waals surface area contributed by atoms with E-state index >= 15 is 0 Å². The molecular formula is C24H27ClFN3O4. The molecule has 0 amide bonds. The van der Waals surface area contributed by atoms with Crippen molar-refractivity contribution in [2.45, 2.75) is 39.0 Å². The SMILES string of the molecule is CCOC(=O)CCCCCCOc1cc2c(Nc3ccc(F)c(Cl)c3)ncnc2cc1OC. The van der Waals surface area contributed by atoms with Crippen molar-refractivity contribution in [3.63, 3.8) is 0 Å². The Labute approximate surface area is 197 Å². The van der Waals surface area contributed by atoms with Crippen molar-refractivity contribution < 1.29 is 23.4 Å². The smallest absolute Gasteiger partial charge is 0.305 e. The van der Waals surface area contributed by atoms with Gasteiger partial charge >= 0.3 is 5.97 Å². The number of unbranched alkanes of at least 4 members (excludes halogenated alkanes) is 3. The fourth-order valence-electron chi connectivity index (χ4n) is 3.29. The lowest BCUT2D eigenvalue weighted by Crippen LogP contribution is -2.04. The molecule has 7 nitrogen and oxygen atoms in total. The minimum Gasteiger partial charge on any atom is -0.493 e. The first-order valence-corrected chi connectivity index (χ1v) is 11.2. The Morgan fingerprint density at radius 2 is 1.91 bits per heavy atom. The maximum atomic E-state index is 13.5. The van der Waals surface area contributed by atoms with Gasteiger partial charge in [-0.25, -0.2) is 14.4 Å². The van der Waals surface area contributed by atoms with Gasteiger partial charge < -0.3 is 19.5 Å². The number of hydrogen-bond acceptors (Lipinski definition) is 7. The van der Waals surface area contributed by atoms with Crippen LogP contribution in [0.1, 0.15) is 39.0 Å². The summed E-state index contributed by atoms with van der Waals surface area (Å²) in [6.07, 6.45) is 5.40. The molecule has 1 aromatic heterocycles. The average molecular weight is 476 g/mol. The number of benzene rings is 2. The first-order valence-electron chi connectivity index (χ1n) is 10.8. The summed E-state index contributed by atoms with van der Waals surface area (Å²) < 4.78 is 29.8. The summed E-state index contributed by atoms with van der Waals surface area (Å²) in [6, 6.07) is 7.97. The van der Waals surface area contributed by atoms with E-state index in [2.05, 4.69) is 15.3 Å². The normalized spacial score (nSPS) is 10.8. The molecule has 33 heavy (non-hydrogen) atoms. The van der Waals surface area contributed by atoms with Gasteiger partial charge in [0, 0.05) is 23.6 Å². The number of methoxy groups -OCH3 is 1. The number of hydrogen-bond donors (Lipinski definition) is 1. The fourth-order valence-corrected chi connectivity index (χ4v) is 3.47. The average Bonchev–Trinajstić information content (AvgIpc) is 2.81. The molecule has 2 aromatic carbocycles. The van der Waals surface area contributed by atoms with Gasteiger partial charge in [0.15, 0.2) is 11.5 Å². The number of carbonyl (C=O) groups is 1. The van der Waals surface area contributed by atoms with Gasteiger partial charge in [0.05, 0.1) is 30.9 Å². The zero-order chi connectivity index (χ0) is 23.6. The standard InChI is InChI=1S/C24H27ClFN3O4/c1-3-32-23(30)8-6-4-5-7-11-33-22-13-17-20(14-21(22)31-2)27-15-28-24(17)29-16-9-10-19(26)18(25)12-16/h9-10,12-15H,3-8,11H2,1-2H3,(H,27,28,29). The van der Waals surface area contributed by atoms with Crippen molar-refractivity contribution in [2.75, 3.05) is 25.6 Å². The Kier molecular flexibility index (Phi) is 9.06. The van der Waals surface area contributed by atoms with Gasteiger partial charge in [0.1, 0.15) is 18.0 Å². The second-order valence-corrected chi connectivity index (χ2v) is 7.72. The van der Waals surface area contributed by atoms with Gasteiger partial charge in [-0.2, -0.15) is 0 Å². The van der Waals surface area contributed by atoms with E-state index in [0.717, 1.165) is 31.1 Å². The molecule has 0 fully saturated rings. The Hall–Kier alpha value is -3.13. The molecule has 0 bridgehead atoms. The predicted molar refractivity (Wildman–Crippen MR) is 126 cm³/mol. The van der Waals surface area contributed by atoms with Crippen LogP contribution in [0.2, 0.25) is 5.02 Å². The summed E-state index contributed by atoms with van der Waals surface area (Å²) in [5.74, 6) is 1.04. The molecule has 176 valence electrons. The van der Waals surface area contributed by atoms with Crippen LogP contribution in [-0.2, 0) is 9.53 Å². The molecule has 0 atom stereocenters. The maximum Gasteiger partial charge on any atom is 0.305 e. The molecular weight excluding hydrogens is 449 g/mol. The fraction of sp³-hybridized carbons (Fsp3) is 0.375. The van der Waals surface area contributed by atoms with Gasteiger partial charge in [0.25, 0.3) is 0 Å². The van der Waals surface area contributed by atoms with Crippen molar-refractivity contribution in [3.05, 3.63) is 47.5 Å². The van der Waals surface area contributed by atoms with E-state index in [9.17, 15) is 9.18 Å². The Balaban J connectivity index is 1.64. The molecule has 3 rings (SSSR count). The molecule has 0 radical (unpaired) electrons. The van der Waals surface area contributed by atoms with Gasteiger partial charge in [-0.05, 0) is 44.0 Å². The van der Waals surface area contributed by atoms with Gasteiger partial charge in [0.2, 0.25) is 0 Å². The third kappa shape index (κ3) is 6.92. The number of ether oxygens (including phenoxy) is 3. The number of halogens is 2. The molecule has 9 heteroatoms. The van der Waals surface area contributed by atoms with Gasteiger partial charge in [-0.15, -0.1) is 0 Å². The minimum absolute atomic E-state index is 0.0197. The quantitative estimate of drug-likeness (QED) is 0.251. The monoisotopic (exact) mass is 475 g/mol. The molecule has 1 heterocycles. The highest BCUT2D eigenvalue weighted by atomic mass is 35.5. The summed E-state index contributed by atoms with van der Waals surface area (Å²) in [5.41, 5.74) is 1.27. The van der Waals surface area contributed by atoms with Crippen LogP contribution < -0.4 is 14.8 Å². The second kappa shape index (κ2) is 12.2. The number of nitrogens with one attached hydrogen (secondary N) is 1. The molecule has 0 unspecified atom stereocenters. The van der Waals surface area contributed by atoms with Crippen LogP contribution in [-0.4, -0.2) is 36.3 Å². The summed E-state index contributed by atoms with van der Waals surface area (Å²) in [5, 5.41) is 3.90. The van der Waals surface area contributed by atoms with E-state index in [0.29, 0.717) is 48.2 Å². The van der Waals surface area contributed by atoms with E-state index in [1.807, 2.05) is 6.07 Å². The number of anilines is 2. The first-order chi connectivity index (χ1) is 16.0. The number of fused-ring (bicyclic) bond motifs is 1. The van der Waals surface area contributed by atoms with Crippen LogP contribution in [0.15, 0.2) is 36.7 Å². The van der Waals surface area contributed by atoms with Gasteiger partial charge in [-0.3, -0.25) is 4.79 Å². The highest BCUT2D eigenvalue weighted by Gasteiger charge is 2.12. The predicted octanol–water partition coefficient (Wildman–Crippen LogP) is 6.07. The van der Waals surface area contributed by atoms with Crippen LogP contribution in [0.5, 0.6) is 11.5 Å². The third-order valence-corrected chi connectivity index (χ3v) is 5.23. The summed E-state index contributed by atoms with van der Waals surface area (Å²) >= 11 is 5.89. The molecule has 0 saturated carbocycles. The van der Waals surface area contributed by atoms with E-state index < -0.39 is 5.82 Å². The summed E-state index contributed by atoms with van der Waals surface area (Å²) in [4.78, 5) is 20.0. The lowest BCUT2D eigenvalue weighted by Gasteiger charge is -2.14. The summed E-state index contributed by atoms with van der Waals surface area (Å²) in [6.45, 7) is 2.73. The van der Waals surface area contributed by atoms with Crippen molar-refractivity contribution >= 4 is 40.0 Å². The molecule has 3 aromatic rings. The lowest BCUT2D eigenvalue weighted by molar-refractivity contribution is -0.143. The summed E-state index contributed by atoms with van der Waals surface area (Å²) in [7, 11) is 1.57. The minimum atomic E-state index is -0.490.